The van der Waals surface area contributed by atoms with Gasteiger partial charge in [0.25, 0.3) is 11.8 Å². The standard InChI is InChI=1S/C14H14N2O5/c1-9-12(15(19-2)8-20-9)7-21-16-13(17)10-5-3-4-6-11(10)14(16)18/h3-6H,7-8H2,1-2H3. The summed E-state index contributed by atoms with van der Waals surface area (Å²) in [6.07, 6.45) is 0. The van der Waals surface area contributed by atoms with E-state index in [4.69, 9.17) is 14.4 Å². The van der Waals surface area contributed by atoms with Crippen LogP contribution in [-0.4, -0.2) is 42.4 Å². The van der Waals surface area contributed by atoms with Gasteiger partial charge >= 0.3 is 0 Å². The van der Waals surface area contributed by atoms with E-state index in [-0.39, 0.29) is 13.3 Å². The molecule has 0 radical (unpaired) electrons. The Morgan fingerprint density at radius 1 is 1.19 bits per heavy atom. The smallest absolute Gasteiger partial charge is 0.285 e. The SMILES string of the molecule is CON1COC(C)=C1CON1C(=O)c2ccccc2C1=O. The van der Waals surface area contributed by atoms with Crippen LogP contribution >= 0.6 is 0 Å². The van der Waals surface area contributed by atoms with Crippen molar-refractivity contribution >= 4 is 11.8 Å². The molecule has 2 aliphatic rings. The molecule has 2 heterocycles. The van der Waals surface area contributed by atoms with Gasteiger partial charge in [-0.05, 0) is 19.1 Å². The predicted octanol–water partition coefficient (Wildman–Crippen LogP) is 1.30. The van der Waals surface area contributed by atoms with Gasteiger partial charge in [0.1, 0.15) is 18.1 Å². The maximum atomic E-state index is 12.1. The van der Waals surface area contributed by atoms with Crippen molar-refractivity contribution in [3.8, 4) is 0 Å². The zero-order chi connectivity index (χ0) is 15.0. The topological polar surface area (TPSA) is 68.3 Å². The first-order valence-electron chi connectivity index (χ1n) is 6.38. The van der Waals surface area contributed by atoms with E-state index in [1.54, 1.807) is 31.2 Å². The number of benzene rings is 1. The van der Waals surface area contributed by atoms with Gasteiger partial charge in [0, 0.05) is 0 Å². The molecule has 2 aliphatic heterocycles. The molecule has 0 aliphatic carbocycles. The van der Waals surface area contributed by atoms with E-state index in [0.29, 0.717) is 22.6 Å². The second-order valence-corrected chi connectivity index (χ2v) is 4.56. The molecule has 0 fully saturated rings. The summed E-state index contributed by atoms with van der Waals surface area (Å²) in [5.74, 6) is -0.290. The van der Waals surface area contributed by atoms with Gasteiger partial charge in [-0.15, -0.1) is 5.06 Å². The summed E-state index contributed by atoms with van der Waals surface area (Å²) in [7, 11) is 1.50. The van der Waals surface area contributed by atoms with Gasteiger partial charge in [-0.3, -0.25) is 19.3 Å². The van der Waals surface area contributed by atoms with Crippen molar-refractivity contribution in [1.29, 1.82) is 0 Å². The first-order valence-corrected chi connectivity index (χ1v) is 6.38. The van der Waals surface area contributed by atoms with Gasteiger partial charge in [-0.1, -0.05) is 12.1 Å². The minimum absolute atomic E-state index is 0.00510. The third-order valence-electron chi connectivity index (χ3n) is 3.41. The van der Waals surface area contributed by atoms with Crippen LogP contribution < -0.4 is 0 Å². The molecule has 0 unspecified atom stereocenters. The van der Waals surface area contributed by atoms with Gasteiger partial charge < -0.3 is 4.74 Å². The molecule has 0 bridgehead atoms. The Hall–Kier alpha value is -2.38. The molecule has 0 atom stereocenters. The maximum Gasteiger partial charge on any atom is 0.285 e. The zero-order valence-corrected chi connectivity index (χ0v) is 11.7. The summed E-state index contributed by atoms with van der Waals surface area (Å²) in [4.78, 5) is 34.7. The molecule has 7 heteroatoms. The molecule has 1 aromatic rings. The largest absolute Gasteiger partial charge is 0.474 e. The van der Waals surface area contributed by atoms with Gasteiger partial charge in [0.2, 0.25) is 0 Å². The fourth-order valence-corrected chi connectivity index (χ4v) is 2.24. The number of amides is 2. The number of imide groups is 1. The second kappa shape index (κ2) is 5.19. The van der Waals surface area contributed by atoms with E-state index >= 15 is 0 Å². The lowest BCUT2D eigenvalue weighted by Gasteiger charge is -2.18. The fraction of sp³-hybridized carbons (Fsp3) is 0.286. The highest BCUT2D eigenvalue weighted by molar-refractivity contribution is 6.20. The Kier molecular flexibility index (Phi) is 3.36. The molecule has 7 nitrogen and oxygen atoms in total. The first-order chi connectivity index (χ1) is 10.1. The lowest BCUT2D eigenvalue weighted by molar-refractivity contribution is -0.147. The van der Waals surface area contributed by atoms with E-state index in [1.807, 2.05) is 0 Å². The van der Waals surface area contributed by atoms with E-state index in [1.165, 1.54) is 12.2 Å². The number of fused-ring (bicyclic) bond motifs is 1. The van der Waals surface area contributed by atoms with Gasteiger partial charge in [-0.25, -0.2) is 5.06 Å². The van der Waals surface area contributed by atoms with Crippen LogP contribution in [0.25, 0.3) is 0 Å². The normalized spacial score (nSPS) is 17.6. The molecular formula is C14H14N2O5. The molecule has 110 valence electrons. The van der Waals surface area contributed by atoms with E-state index in [0.717, 1.165) is 5.06 Å². The van der Waals surface area contributed by atoms with Crippen molar-refractivity contribution in [3.63, 3.8) is 0 Å². The molecule has 1 aromatic carbocycles. The highest BCUT2D eigenvalue weighted by atomic mass is 16.7. The van der Waals surface area contributed by atoms with Crippen LogP contribution in [0.5, 0.6) is 0 Å². The van der Waals surface area contributed by atoms with Gasteiger partial charge in [-0.2, -0.15) is 0 Å². The van der Waals surface area contributed by atoms with Gasteiger partial charge in [0.15, 0.2) is 6.73 Å². The number of hydroxylamine groups is 4. The van der Waals surface area contributed by atoms with Crippen LogP contribution in [-0.2, 0) is 14.4 Å². The third kappa shape index (κ3) is 2.16. The number of hydrogen-bond donors (Lipinski definition) is 0. The van der Waals surface area contributed by atoms with Crippen molar-refractivity contribution in [3.05, 3.63) is 46.8 Å². The molecule has 3 rings (SSSR count). The summed E-state index contributed by atoms with van der Waals surface area (Å²) in [6.45, 7) is 2.02. The maximum absolute atomic E-state index is 12.1. The van der Waals surface area contributed by atoms with E-state index < -0.39 is 11.8 Å². The Morgan fingerprint density at radius 2 is 1.81 bits per heavy atom. The summed E-state index contributed by atoms with van der Waals surface area (Å²) < 4.78 is 5.31. The number of carbonyl (C=O) groups is 2. The molecule has 2 amide bonds. The van der Waals surface area contributed by atoms with Gasteiger partial charge in [0.05, 0.1) is 18.2 Å². The quantitative estimate of drug-likeness (QED) is 0.779. The van der Waals surface area contributed by atoms with Crippen LogP contribution in [0.15, 0.2) is 35.7 Å². The van der Waals surface area contributed by atoms with Crippen LogP contribution in [0.3, 0.4) is 0 Å². The highest BCUT2D eigenvalue weighted by Gasteiger charge is 2.37. The number of allylic oxidation sites excluding steroid dienone is 1. The highest BCUT2D eigenvalue weighted by Crippen LogP contribution is 2.25. The Balaban J connectivity index is 1.74. The summed E-state index contributed by atoms with van der Waals surface area (Å²) in [5.41, 5.74) is 1.33. The average Bonchev–Trinajstić information content (AvgIpc) is 2.97. The van der Waals surface area contributed by atoms with Crippen molar-refractivity contribution in [2.24, 2.45) is 0 Å². The Morgan fingerprint density at radius 3 is 2.38 bits per heavy atom. The number of ether oxygens (including phenoxy) is 1. The minimum Gasteiger partial charge on any atom is -0.474 e. The van der Waals surface area contributed by atoms with E-state index in [9.17, 15) is 9.59 Å². The van der Waals surface area contributed by atoms with Crippen LogP contribution in [0.4, 0.5) is 0 Å². The molecule has 0 spiro atoms. The van der Waals surface area contributed by atoms with Crippen LogP contribution in [0.2, 0.25) is 0 Å². The monoisotopic (exact) mass is 290 g/mol. The lowest BCUT2D eigenvalue weighted by Crippen LogP contribution is -2.32. The molecule has 0 aromatic heterocycles. The number of hydrogen-bond acceptors (Lipinski definition) is 6. The van der Waals surface area contributed by atoms with Crippen LogP contribution in [0, 0.1) is 0 Å². The number of carbonyl (C=O) groups excluding carboxylic acids is 2. The fourth-order valence-electron chi connectivity index (χ4n) is 2.24. The summed E-state index contributed by atoms with van der Waals surface area (Å²) in [5, 5.41) is 2.27. The van der Waals surface area contributed by atoms with E-state index in [2.05, 4.69) is 0 Å². The number of nitrogens with zero attached hydrogens (tertiary/aromatic N) is 2. The van der Waals surface area contributed by atoms with Crippen LogP contribution in [0.1, 0.15) is 27.6 Å². The lowest BCUT2D eigenvalue weighted by atomic mass is 10.1. The van der Waals surface area contributed by atoms with Crippen molar-refractivity contribution < 1.29 is 24.0 Å². The molecule has 0 saturated carbocycles. The van der Waals surface area contributed by atoms with Crippen molar-refractivity contribution in [2.45, 2.75) is 6.92 Å². The molecule has 21 heavy (non-hydrogen) atoms. The van der Waals surface area contributed by atoms with Crippen molar-refractivity contribution in [2.75, 3.05) is 20.4 Å². The minimum atomic E-state index is -0.461. The average molecular weight is 290 g/mol. The third-order valence-corrected chi connectivity index (χ3v) is 3.41. The predicted molar refractivity (Wildman–Crippen MR) is 70.4 cm³/mol. The van der Waals surface area contributed by atoms with Crippen molar-refractivity contribution in [1.82, 2.24) is 10.1 Å². The first kappa shape index (κ1) is 13.6. The Bertz CT molecular complexity index is 605. The summed E-state index contributed by atoms with van der Waals surface area (Å²) >= 11 is 0. The Labute approximate surface area is 121 Å². The summed E-state index contributed by atoms with van der Waals surface area (Å²) in [6, 6.07) is 6.61. The zero-order valence-electron chi connectivity index (χ0n) is 11.7. The second-order valence-electron chi connectivity index (χ2n) is 4.56. The molecular weight excluding hydrogens is 276 g/mol. The number of rotatable bonds is 4. The molecule has 0 saturated heterocycles. The molecule has 0 N–H and O–H groups in total.